The highest BCUT2D eigenvalue weighted by atomic mass is 16.8. The summed E-state index contributed by atoms with van der Waals surface area (Å²) >= 11 is 0. The van der Waals surface area contributed by atoms with Gasteiger partial charge in [0.2, 0.25) is 0 Å². The van der Waals surface area contributed by atoms with Crippen molar-refractivity contribution in [3.05, 3.63) is 287 Å². The third-order valence-electron chi connectivity index (χ3n) is 16.6. The van der Waals surface area contributed by atoms with Crippen molar-refractivity contribution in [3.8, 4) is 0 Å². The molecule has 0 aliphatic carbocycles. The summed E-state index contributed by atoms with van der Waals surface area (Å²) in [6.07, 6.45) is -22.0. The van der Waals surface area contributed by atoms with Gasteiger partial charge < -0.3 is 76.2 Å². The maximum atomic E-state index is 14.7. The fourth-order valence-electron chi connectivity index (χ4n) is 11.7. The SMILES string of the molecule is CC(=O)OCC(OC(=O)c1ccccc1)[C@H]1O[C@@H](O[C@H](CO[C@@H]2O[C@@H](COCc3ccccc3)[C@@H](OCc3ccccc3)[C@H](OCc3ccccc3)[C@H]2OCc2ccccc2)[C@@H]2O[C@@H](O)[C@H](OC(C)=O)[C@@H]2OCc2ccccc2)[C@@H](OC(=O)c2ccccc2)[C@H]1OC(=O)c1ccccc1. The molecular formula is C78H78O21. The van der Waals surface area contributed by atoms with E-state index >= 15 is 0 Å². The van der Waals surface area contributed by atoms with Gasteiger partial charge in [-0.05, 0) is 64.2 Å². The molecule has 11 rings (SSSR count). The number of hydrogen-bond donors (Lipinski definition) is 1. The first-order chi connectivity index (χ1) is 48.4. The normalized spacial score (nSPS) is 24.0. The van der Waals surface area contributed by atoms with Crippen molar-refractivity contribution in [2.24, 2.45) is 0 Å². The predicted octanol–water partition coefficient (Wildman–Crippen LogP) is 10.3. The van der Waals surface area contributed by atoms with E-state index in [1.807, 2.05) is 152 Å². The van der Waals surface area contributed by atoms with Crippen LogP contribution in [0, 0.1) is 0 Å². The minimum Gasteiger partial charge on any atom is -0.462 e. The first-order valence-electron chi connectivity index (χ1n) is 32.6. The van der Waals surface area contributed by atoms with E-state index in [-0.39, 0.29) is 56.3 Å². The summed E-state index contributed by atoms with van der Waals surface area (Å²) in [4.78, 5) is 69.4. The lowest BCUT2D eigenvalue weighted by Crippen LogP contribution is -2.62. The van der Waals surface area contributed by atoms with Gasteiger partial charge in [0.1, 0.15) is 55.4 Å². The van der Waals surface area contributed by atoms with Crippen LogP contribution in [0.3, 0.4) is 0 Å². The fraction of sp³-hybridized carbons (Fsp3) is 0.321. The molecule has 15 atom stereocenters. The number of aliphatic hydroxyl groups excluding tert-OH is 1. The van der Waals surface area contributed by atoms with Crippen molar-refractivity contribution in [3.63, 3.8) is 0 Å². The zero-order valence-corrected chi connectivity index (χ0v) is 54.5. The number of rotatable bonds is 32. The number of benzene rings is 8. The van der Waals surface area contributed by atoms with Gasteiger partial charge in [-0.25, -0.2) is 14.4 Å². The van der Waals surface area contributed by atoms with Crippen LogP contribution in [0.1, 0.15) is 72.7 Å². The Bertz CT molecular complexity index is 3770. The van der Waals surface area contributed by atoms with Crippen LogP contribution in [-0.2, 0) is 114 Å². The topological polar surface area (TPSA) is 244 Å². The van der Waals surface area contributed by atoms with Gasteiger partial charge in [0.25, 0.3) is 0 Å². The molecule has 516 valence electrons. The van der Waals surface area contributed by atoms with Crippen LogP contribution in [-0.4, -0.2) is 147 Å². The Morgan fingerprint density at radius 3 is 1.23 bits per heavy atom. The molecule has 8 aromatic rings. The molecule has 0 aromatic heterocycles. The lowest BCUT2D eigenvalue weighted by molar-refractivity contribution is -0.336. The molecule has 1 N–H and O–H groups in total. The van der Waals surface area contributed by atoms with Crippen LogP contribution in [0.4, 0.5) is 0 Å². The number of esters is 5. The second-order valence-corrected chi connectivity index (χ2v) is 23.7. The third kappa shape index (κ3) is 20.0. The number of aliphatic hydroxyl groups is 1. The summed E-state index contributed by atoms with van der Waals surface area (Å²) in [5, 5.41) is 12.0. The highest BCUT2D eigenvalue weighted by Crippen LogP contribution is 2.39. The minimum absolute atomic E-state index is 0.0238. The molecule has 99 heavy (non-hydrogen) atoms. The van der Waals surface area contributed by atoms with Crippen molar-refractivity contribution < 1.29 is 100 Å². The molecule has 0 radical (unpaired) electrons. The molecule has 0 saturated carbocycles. The third-order valence-corrected chi connectivity index (χ3v) is 16.6. The molecular weight excluding hydrogens is 1270 g/mol. The summed E-state index contributed by atoms with van der Waals surface area (Å²) < 4.78 is 99.3. The Labute approximate surface area is 573 Å². The van der Waals surface area contributed by atoms with Gasteiger partial charge in [-0.1, -0.05) is 206 Å². The molecule has 8 aromatic carbocycles. The molecule has 0 amide bonds. The van der Waals surface area contributed by atoms with Crippen molar-refractivity contribution in [2.75, 3.05) is 19.8 Å². The average Bonchev–Trinajstić information content (AvgIpc) is 1.77. The largest absolute Gasteiger partial charge is 0.462 e. The number of ether oxygens (including phenoxy) is 15. The van der Waals surface area contributed by atoms with Crippen molar-refractivity contribution in [1.29, 1.82) is 0 Å². The van der Waals surface area contributed by atoms with Crippen LogP contribution in [0.15, 0.2) is 243 Å². The molecule has 1 unspecified atom stereocenters. The van der Waals surface area contributed by atoms with E-state index in [2.05, 4.69) is 0 Å². The minimum atomic E-state index is -1.89. The summed E-state index contributed by atoms with van der Waals surface area (Å²) in [6, 6.07) is 71.2. The van der Waals surface area contributed by atoms with E-state index in [9.17, 15) is 29.1 Å². The monoisotopic (exact) mass is 1350 g/mol. The van der Waals surface area contributed by atoms with Crippen LogP contribution in [0.2, 0.25) is 0 Å². The van der Waals surface area contributed by atoms with Crippen molar-refractivity contribution in [1.82, 2.24) is 0 Å². The van der Waals surface area contributed by atoms with Gasteiger partial charge >= 0.3 is 29.8 Å². The standard InChI is InChI=1S/C78H78O21/c1-51(79)86-49-62(93-73(81)58-37-21-8-22-38-58)66-69(97-74(82)59-39-23-9-24-40-59)72(98-75(83)60-41-25-10-26-42-60)78(99-66)95-63(65-68(70(76(84)96-65)92-52(2)80)89-46-56-33-17-6-18-34-56)50-91-77-71(90-47-57-35-19-7-20-36-57)67(88-45-55-31-15-5-16-32-55)64(87-44-54-29-13-4-14-30-54)61(94-77)48-85-43-53-27-11-3-12-28-53/h3-42,61-72,76-78,84H,43-50H2,1-2H3/t61-,62?,63+,64+,65-,66+,67-,68+,69-,70+,71+,72-,76+,77+,78+/m0/s1. The van der Waals surface area contributed by atoms with Crippen LogP contribution >= 0.6 is 0 Å². The van der Waals surface area contributed by atoms with Crippen LogP contribution < -0.4 is 0 Å². The van der Waals surface area contributed by atoms with Gasteiger partial charge in [0.05, 0.1) is 62.9 Å². The Morgan fingerprint density at radius 2 is 0.768 bits per heavy atom. The molecule has 3 aliphatic rings. The van der Waals surface area contributed by atoms with Gasteiger partial charge in [-0.15, -0.1) is 0 Å². The van der Waals surface area contributed by atoms with E-state index in [1.165, 1.54) is 43.3 Å². The molecule has 3 saturated heterocycles. The molecule has 0 bridgehead atoms. The second-order valence-electron chi connectivity index (χ2n) is 23.7. The van der Waals surface area contributed by atoms with Gasteiger partial charge in [0.15, 0.2) is 43.3 Å². The van der Waals surface area contributed by atoms with Crippen molar-refractivity contribution in [2.45, 2.75) is 139 Å². The van der Waals surface area contributed by atoms with Crippen LogP contribution in [0.25, 0.3) is 0 Å². The first kappa shape index (κ1) is 71.0. The molecule has 0 spiro atoms. The molecule has 3 aliphatic heterocycles. The van der Waals surface area contributed by atoms with Gasteiger partial charge in [-0.3, -0.25) is 9.59 Å². The number of carbonyl (C=O) groups excluding carboxylic acids is 5. The van der Waals surface area contributed by atoms with Gasteiger partial charge in [-0.2, -0.15) is 0 Å². The summed E-state index contributed by atoms with van der Waals surface area (Å²) in [5.41, 5.74) is 4.32. The lowest BCUT2D eigenvalue weighted by Gasteiger charge is -2.46. The van der Waals surface area contributed by atoms with E-state index in [0.29, 0.717) is 5.56 Å². The Kier molecular flexibility index (Phi) is 25.8. The molecule has 3 heterocycles. The van der Waals surface area contributed by atoms with E-state index in [1.54, 1.807) is 54.6 Å². The first-order valence-corrected chi connectivity index (χ1v) is 32.6. The molecule has 21 nitrogen and oxygen atoms in total. The highest BCUT2D eigenvalue weighted by Gasteiger charge is 2.59. The lowest BCUT2D eigenvalue weighted by atomic mass is 9.97. The maximum Gasteiger partial charge on any atom is 0.338 e. The van der Waals surface area contributed by atoms with Gasteiger partial charge in [0, 0.05) is 13.8 Å². The Morgan fingerprint density at radius 1 is 0.364 bits per heavy atom. The van der Waals surface area contributed by atoms with E-state index in [4.69, 9.17) is 71.1 Å². The summed E-state index contributed by atoms with van der Waals surface area (Å²) in [5.74, 6) is -4.30. The highest BCUT2D eigenvalue weighted by molar-refractivity contribution is 5.91. The maximum absolute atomic E-state index is 14.7. The predicted molar refractivity (Wildman–Crippen MR) is 354 cm³/mol. The number of hydrogen-bond acceptors (Lipinski definition) is 21. The number of carbonyl (C=O) groups is 5. The Balaban J connectivity index is 1.03. The molecule has 21 heteroatoms. The zero-order chi connectivity index (χ0) is 68.7. The average molecular weight is 1350 g/mol. The van der Waals surface area contributed by atoms with E-state index in [0.717, 1.165) is 29.2 Å². The molecule has 3 fully saturated rings. The quantitative estimate of drug-likeness (QED) is 0.0304. The Hall–Kier alpha value is -9.33. The summed E-state index contributed by atoms with van der Waals surface area (Å²) in [7, 11) is 0. The van der Waals surface area contributed by atoms with Crippen LogP contribution in [0.5, 0.6) is 0 Å². The zero-order valence-electron chi connectivity index (χ0n) is 54.5. The summed E-state index contributed by atoms with van der Waals surface area (Å²) in [6.45, 7) is 1.31. The second kappa shape index (κ2) is 36.0. The van der Waals surface area contributed by atoms with Crippen molar-refractivity contribution >= 4 is 29.8 Å². The fourth-order valence-corrected chi connectivity index (χ4v) is 11.7. The smallest absolute Gasteiger partial charge is 0.338 e. The van der Waals surface area contributed by atoms with E-state index < -0.39 is 135 Å².